The molecule has 0 unspecified atom stereocenters. The first-order valence-electron chi connectivity index (χ1n) is 8.34. The molecule has 29 heavy (non-hydrogen) atoms. The van der Waals surface area contributed by atoms with Crippen LogP contribution in [0.3, 0.4) is 0 Å². The van der Waals surface area contributed by atoms with Crippen LogP contribution in [0.4, 0.5) is 5.82 Å². The van der Waals surface area contributed by atoms with Crippen LogP contribution in [0, 0.1) is 0 Å². The van der Waals surface area contributed by atoms with E-state index >= 15 is 0 Å². The summed E-state index contributed by atoms with van der Waals surface area (Å²) in [6.45, 7) is 0.377. The van der Waals surface area contributed by atoms with E-state index in [0.717, 1.165) is 0 Å². The van der Waals surface area contributed by atoms with Crippen LogP contribution >= 0.6 is 35.0 Å². The number of benzene rings is 1. The second-order valence-electron chi connectivity index (χ2n) is 5.82. The summed E-state index contributed by atoms with van der Waals surface area (Å²) in [6, 6.07) is 10.4. The molecular formula is C18H13Cl2N5O3S. The largest absolute Gasteiger partial charge is 0.467 e. The number of anilines is 1. The molecule has 0 saturated heterocycles. The number of amides is 1. The Kier molecular flexibility index (Phi) is 5.89. The number of rotatable bonds is 7. The van der Waals surface area contributed by atoms with E-state index < -0.39 is 0 Å². The molecule has 3 aromatic heterocycles. The number of nitrogens with zero attached hydrogens (tertiary/aromatic N) is 4. The standard InChI is InChI=1S/C18H13Cl2N5O3S/c19-11-3-4-13(14(20)8-11)17-22-23-18(25(17)9-12-2-1-6-27-12)29-10-16(26)21-15-5-7-28-24-15/h1-8H,9-10H2,(H,21,24,26). The van der Waals surface area contributed by atoms with E-state index in [-0.39, 0.29) is 11.7 Å². The summed E-state index contributed by atoms with van der Waals surface area (Å²) in [5.41, 5.74) is 0.675. The summed E-state index contributed by atoms with van der Waals surface area (Å²) in [4.78, 5) is 12.2. The summed E-state index contributed by atoms with van der Waals surface area (Å²) >= 11 is 13.6. The van der Waals surface area contributed by atoms with Crippen molar-refractivity contribution >= 4 is 46.7 Å². The molecule has 0 fully saturated rings. The van der Waals surface area contributed by atoms with Gasteiger partial charge in [0.05, 0.1) is 23.6 Å². The molecule has 4 rings (SSSR count). The molecule has 1 N–H and O–H groups in total. The third-order valence-corrected chi connectivity index (χ3v) is 5.34. The molecule has 148 valence electrons. The Bertz CT molecular complexity index is 1110. The van der Waals surface area contributed by atoms with Gasteiger partial charge in [0.25, 0.3) is 0 Å². The topological polar surface area (TPSA) is 99.0 Å². The maximum Gasteiger partial charge on any atom is 0.236 e. The van der Waals surface area contributed by atoms with Crippen LogP contribution in [-0.2, 0) is 11.3 Å². The lowest BCUT2D eigenvalue weighted by molar-refractivity contribution is -0.113. The number of hydrogen-bond donors (Lipinski definition) is 1. The van der Waals surface area contributed by atoms with Crippen LogP contribution in [0.5, 0.6) is 0 Å². The van der Waals surface area contributed by atoms with Crippen LogP contribution in [0.15, 0.2) is 63.0 Å². The van der Waals surface area contributed by atoms with E-state index in [4.69, 9.17) is 32.1 Å². The monoisotopic (exact) mass is 449 g/mol. The zero-order valence-electron chi connectivity index (χ0n) is 14.7. The fourth-order valence-electron chi connectivity index (χ4n) is 2.55. The number of aromatic nitrogens is 4. The highest BCUT2D eigenvalue weighted by Gasteiger charge is 2.19. The Balaban J connectivity index is 1.59. The third-order valence-electron chi connectivity index (χ3n) is 3.82. The van der Waals surface area contributed by atoms with Gasteiger partial charge in [-0.05, 0) is 30.3 Å². The summed E-state index contributed by atoms with van der Waals surface area (Å²) in [6.07, 6.45) is 2.97. The molecule has 0 spiro atoms. The molecule has 0 saturated carbocycles. The van der Waals surface area contributed by atoms with Crippen LogP contribution in [-0.4, -0.2) is 31.6 Å². The Labute approximate surface area is 179 Å². The Hall–Kier alpha value is -2.75. The molecule has 8 nitrogen and oxygen atoms in total. The Morgan fingerprint density at radius 2 is 2.07 bits per heavy atom. The van der Waals surface area contributed by atoms with Crippen LogP contribution < -0.4 is 5.32 Å². The van der Waals surface area contributed by atoms with Crippen molar-refractivity contribution in [2.75, 3.05) is 11.1 Å². The molecule has 11 heteroatoms. The van der Waals surface area contributed by atoms with Crippen molar-refractivity contribution in [2.24, 2.45) is 0 Å². The number of hydrogen-bond acceptors (Lipinski definition) is 7. The average molecular weight is 450 g/mol. The third kappa shape index (κ3) is 4.64. The number of nitrogens with one attached hydrogen (secondary N) is 1. The molecule has 1 amide bonds. The highest BCUT2D eigenvalue weighted by atomic mass is 35.5. The van der Waals surface area contributed by atoms with Crippen molar-refractivity contribution < 1.29 is 13.7 Å². The Morgan fingerprint density at radius 3 is 2.79 bits per heavy atom. The van der Waals surface area contributed by atoms with E-state index in [2.05, 4.69) is 20.7 Å². The van der Waals surface area contributed by atoms with Crippen molar-refractivity contribution in [3.63, 3.8) is 0 Å². The minimum Gasteiger partial charge on any atom is -0.467 e. The zero-order valence-corrected chi connectivity index (χ0v) is 17.0. The van der Waals surface area contributed by atoms with Crippen LogP contribution in [0.1, 0.15) is 5.76 Å². The fraction of sp³-hybridized carbons (Fsp3) is 0.111. The van der Waals surface area contributed by atoms with E-state index in [1.54, 1.807) is 36.6 Å². The average Bonchev–Trinajstić information content (AvgIpc) is 3.44. The highest BCUT2D eigenvalue weighted by molar-refractivity contribution is 7.99. The summed E-state index contributed by atoms with van der Waals surface area (Å²) in [5.74, 6) is 1.47. The van der Waals surface area contributed by atoms with Gasteiger partial charge in [0.1, 0.15) is 12.0 Å². The van der Waals surface area contributed by atoms with Crippen LogP contribution in [0.25, 0.3) is 11.4 Å². The van der Waals surface area contributed by atoms with E-state index in [9.17, 15) is 4.79 Å². The van der Waals surface area contributed by atoms with E-state index in [1.807, 2.05) is 10.6 Å². The predicted octanol–water partition coefficient (Wildman–Crippen LogP) is 4.61. The molecule has 0 aliphatic heterocycles. The number of furan rings is 1. The normalized spacial score (nSPS) is 11.0. The lowest BCUT2D eigenvalue weighted by Gasteiger charge is -2.10. The quantitative estimate of drug-likeness (QED) is 0.411. The van der Waals surface area contributed by atoms with Crippen molar-refractivity contribution in [3.05, 3.63) is 64.7 Å². The van der Waals surface area contributed by atoms with Gasteiger partial charge in [-0.2, -0.15) is 0 Å². The maximum atomic E-state index is 12.2. The maximum absolute atomic E-state index is 12.2. The van der Waals surface area contributed by atoms with Gasteiger partial charge < -0.3 is 14.3 Å². The van der Waals surface area contributed by atoms with Gasteiger partial charge in [-0.25, -0.2) is 0 Å². The number of carbonyl (C=O) groups is 1. The van der Waals surface area contributed by atoms with Gasteiger partial charge >= 0.3 is 0 Å². The Morgan fingerprint density at radius 1 is 1.17 bits per heavy atom. The van der Waals surface area contributed by atoms with Crippen LogP contribution in [0.2, 0.25) is 10.0 Å². The molecule has 1 aromatic carbocycles. The highest BCUT2D eigenvalue weighted by Crippen LogP contribution is 2.32. The number of carbonyl (C=O) groups excluding carboxylic acids is 1. The second-order valence-corrected chi connectivity index (χ2v) is 7.60. The number of halogens is 2. The van der Waals surface area contributed by atoms with Gasteiger partial charge in [0.2, 0.25) is 5.91 Å². The van der Waals surface area contributed by atoms with Crippen molar-refractivity contribution in [3.8, 4) is 11.4 Å². The first kappa shape index (κ1) is 19.6. The lowest BCUT2D eigenvalue weighted by atomic mass is 10.2. The van der Waals surface area contributed by atoms with E-state index in [1.165, 1.54) is 18.0 Å². The first-order valence-corrected chi connectivity index (χ1v) is 10.1. The smallest absolute Gasteiger partial charge is 0.236 e. The SMILES string of the molecule is O=C(CSc1nnc(-c2ccc(Cl)cc2Cl)n1Cc1ccco1)Nc1ccon1. The molecule has 4 aromatic rings. The predicted molar refractivity (Wildman–Crippen MR) is 109 cm³/mol. The molecular weight excluding hydrogens is 437 g/mol. The molecule has 0 bridgehead atoms. The van der Waals surface area contributed by atoms with Crippen molar-refractivity contribution in [1.29, 1.82) is 0 Å². The molecule has 3 heterocycles. The zero-order chi connectivity index (χ0) is 20.2. The van der Waals surface area contributed by atoms with Gasteiger partial charge in [-0.1, -0.05) is 40.1 Å². The molecule has 0 radical (unpaired) electrons. The van der Waals surface area contributed by atoms with Crippen molar-refractivity contribution in [2.45, 2.75) is 11.7 Å². The summed E-state index contributed by atoms with van der Waals surface area (Å²) in [5, 5.41) is 16.3. The number of thioether (sulfide) groups is 1. The molecule has 0 aliphatic carbocycles. The molecule has 0 atom stereocenters. The fourth-order valence-corrected chi connectivity index (χ4v) is 3.78. The van der Waals surface area contributed by atoms with Gasteiger partial charge in [-0.15, -0.1) is 10.2 Å². The van der Waals surface area contributed by atoms with Gasteiger partial charge in [-0.3, -0.25) is 9.36 Å². The van der Waals surface area contributed by atoms with Gasteiger partial charge in [0, 0.05) is 16.7 Å². The minimum atomic E-state index is -0.248. The van der Waals surface area contributed by atoms with Gasteiger partial charge in [0.15, 0.2) is 16.8 Å². The first-order chi connectivity index (χ1) is 14.1. The second kappa shape index (κ2) is 8.73. The van der Waals surface area contributed by atoms with Crippen molar-refractivity contribution in [1.82, 2.24) is 19.9 Å². The summed E-state index contributed by atoms with van der Waals surface area (Å²) < 4.78 is 12.0. The molecule has 0 aliphatic rings. The van der Waals surface area contributed by atoms with E-state index in [0.29, 0.717) is 44.7 Å². The summed E-state index contributed by atoms with van der Waals surface area (Å²) in [7, 11) is 0. The lowest BCUT2D eigenvalue weighted by Crippen LogP contribution is -2.15. The minimum absolute atomic E-state index is 0.109.